The van der Waals surface area contributed by atoms with Gasteiger partial charge in [0.2, 0.25) is 0 Å². The van der Waals surface area contributed by atoms with Gasteiger partial charge in [0.05, 0.1) is 10.4 Å². The smallest absolute Gasteiger partial charge is 0.276 e. The number of phenols is 1. The number of phenolic OH excluding ortho intramolecular Hbond substituents is 1. The first kappa shape index (κ1) is 20.6. The monoisotopic (exact) mass is 462 g/mol. The predicted molar refractivity (Wildman–Crippen MR) is 126 cm³/mol. The fourth-order valence-corrected chi connectivity index (χ4v) is 4.62. The van der Waals surface area contributed by atoms with Crippen molar-refractivity contribution in [3.63, 3.8) is 0 Å². The van der Waals surface area contributed by atoms with Crippen LogP contribution in [0.4, 0.5) is 0 Å². The molecule has 0 saturated carbocycles. The van der Waals surface area contributed by atoms with Crippen LogP contribution in [0.15, 0.2) is 76.8 Å². The van der Waals surface area contributed by atoms with E-state index in [-0.39, 0.29) is 16.7 Å². The Bertz CT molecular complexity index is 1370. The van der Waals surface area contributed by atoms with Gasteiger partial charge in [0.25, 0.3) is 5.91 Å². The van der Waals surface area contributed by atoms with Gasteiger partial charge in [0.1, 0.15) is 11.4 Å². The number of hydrogen-bond donors (Lipinski definition) is 2. The summed E-state index contributed by atoms with van der Waals surface area (Å²) in [5.74, 6) is 0.431. The van der Waals surface area contributed by atoms with Crippen LogP contribution in [0.25, 0.3) is 5.70 Å². The molecule has 2 aliphatic heterocycles. The zero-order chi connectivity index (χ0) is 22.2. The molecule has 1 amide bonds. The second-order valence-corrected chi connectivity index (χ2v) is 8.93. The van der Waals surface area contributed by atoms with Crippen LogP contribution in [0, 0.1) is 6.92 Å². The van der Waals surface area contributed by atoms with Gasteiger partial charge in [-0.3, -0.25) is 15.1 Å². The number of halogens is 1. The SMILES string of the molecule is Cc1ccc(CSC2=NN3C(=c4ccccc4=NC3c3ccc(O)c(Cl)c3)C(=O)N2)cc1. The van der Waals surface area contributed by atoms with Crippen molar-refractivity contribution in [2.24, 2.45) is 10.1 Å². The minimum atomic E-state index is -0.584. The van der Waals surface area contributed by atoms with Gasteiger partial charge in [-0.2, -0.15) is 0 Å². The molecule has 0 fully saturated rings. The van der Waals surface area contributed by atoms with E-state index in [4.69, 9.17) is 21.7 Å². The number of amides is 1. The predicted octanol–water partition coefficient (Wildman–Crippen LogP) is 3.43. The number of benzene rings is 3. The maximum absolute atomic E-state index is 13.2. The molecule has 5 rings (SSSR count). The molecule has 2 aliphatic rings. The van der Waals surface area contributed by atoms with Crippen LogP contribution in [-0.4, -0.2) is 21.2 Å². The summed E-state index contributed by atoms with van der Waals surface area (Å²) in [6.07, 6.45) is -0.584. The van der Waals surface area contributed by atoms with Crippen molar-refractivity contribution in [3.05, 3.63) is 99.0 Å². The van der Waals surface area contributed by atoms with Gasteiger partial charge in [-0.15, -0.1) is 5.10 Å². The Morgan fingerprint density at radius 3 is 2.69 bits per heavy atom. The van der Waals surface area contributed by atoms with E-state index < -0.39 is 6.17 Å². The molecule has 32 heavy (non-hydrogen) atoms. The van der Waals surface area contributed by atoms with Crippen LogP contribution in [0.5, 0.6) is 5.75 Å². The maximum atomic E-state index is 13.2. The number of carbonyl (C=O) groups is 1. The number of nitrogens with zero attached hydrogens (tertiary/aromatic N) is 3. The summed E-state index contributed by atoms with van der Waals surface area (Å²) in [6.45, 7) is 2.05. The fourth-order valence-electron chi connectivity index (χ4n) is 3.63. The second kappa shape index (κ2) is 8.33. The van der Waals surface area contributed by atoms with Gasteiger partial charge in [0.15, 0.2) is 11.3 Å². The molecule has 1 atom stereocenters. The zero-order valence-electron chi connectivity index (χ0n) is 17.1. The van der Waals surface area contributed by atoms with Crippen molar-refractivity contribution in [1.29, 1.82) is 0 Å². The number of nitrogens with one attached hydrogen (secondary N) is 1. The standard InChI is InChI=1S/C24H19ClN4O2S/c1-14-6-8-15(9-7-14)13-32-24-27-23(31)21-17-4-2-3-5-19(17)26-22(29(21)28-24)16-10-11-20(30)18(25)12-16/h2-12,22,30H,13H2,1H3,(H,27,28,31). The molecule has 0 radical (unpaired) electrons. The van der Waals surface area contributed by atoms with Crippen LogP contribution in [-0.2, 0) is 10.5 Å². The summed E-state index contributed by atoms with van der Waals surface area (Å²) in [5, 5.41) is 21.3. The number of carbonyl (C=O) groups excluding carboxylic acids is 1. The molecule has 0 spiro atoms. The molecule has 0 aromatic heterocycles. The lowest BCUT2D eigenvalue weighted by molar-refractivity contribution is -0.116. The van der Waals surface area contributed by atoms with Crippen LogP contribution in [0.2, 0.25) is 5.02 Å². The van der Waals surface area contributed by atoms with Gasteiger partial charge in [0, 0.05) is 16.5 Å². The average molecular weight is 463 g/mol. The quantitative estimate of drug-likeness (QED) is 0.625. The van der Waals surface area contributed by atoms with Crippen molar-refractivity contribution in [1.82, 2.24) is 10.3 Å². The molecule has 2 N–H and O–H groups in total. The van der Waals surface area contributed by atoms with E-state index in [0.717, 1.165) is 16.3 Å². The van der Waals surface area contributed by atoms with Crippen LogP contribution in [0.1, 0.15) is 22.9 Å². The van der Waals surface area contributed by atoms with Crippen molar-refractivity contribution in [3.8, 4) is 5.75 Å². The van der Waals surface area contributed by atoms with Crippen LogP contribution < -0.4 is 15.9 Å². The average Bonchev–Trinajstić information content (AvgIpc) is 2.80. The molecule has 6 nitrogen and oxygen atoms in total. The number of fused-ring (bicyclic) bond motifs is 2. The Kier molecular flexibility index (Phi) is 5.36. The van der Waals surface area contributed by atoms with Gasteiger partial charge < -0.3 is 5.11 Å². The van der Waals surface area contributed by atoms with E-state index in [1.165, 1.54) is 23.4 Å². The third-order valence-electron chi connectivity index (χ3n) is 5.28. The Morgan fingerprint density at radius 2 is 1.91 bits per heavy atom. The first-order valence-corrected chi connectivity index (χ1v) is 11.4. The van der Waals surface area contributed by atoms with E-state index in [2.05, 4.69) is 29.6 Å². The molecule has 3 aromatic carbocycles. The van der Waals surface area contributed by atoms with Crippen LogP contribution >= 0.6 is 23.4 Å². The summed E-state index contributed by atoms with van der Waals surface area (Å²) in [4.78, 5) is 18.0. The molecule has 0 saturated heterocycles. The second-order valence-electron chi connectivity index (χ2n) is 7.56. The lowest BCUT2D eigenvalue weighted by Crippen LogP contribution is -2.50. The summed E-state index contributed by atoms with van der Waals surface area (Å²) in [7, 11) is 0. The molecule has 2 heterocycles. The molecule has 8 heteroatoms. The number of aromatic hydroxyl groups is 1. The Balaban J connectivity index is 1.56. The summed E-state index contributed by atoms with van der Waals surface area (Å²) in [6, 6.07) is 20.7. The highest BCUT2D eigenvalue weighted by Crippen LogP contribution is 2.34. The minimum Gasteiger partial charge on any atom is -0.506 e. The number of hydrogen-bond acceptors (Lipinski definition) is 6. The van der Waals surface area contributed by atoms with Crippen LogP contribution in [0.3, 0.4) is 0 Å². The molecular formula is C24H19ClN4O2S. The largest absolute Gasteiger partial charge is 0.506 e. The first-order valence-electron chi connectivity index (χ1n) is 10.0. The van der Waals surface area contributed by atoms with Gasteiger partial charge in [-0.25, -0.2) is 5.01 Å². The van der Waals surface area contributed by atoms with E-state index >= 15 is 0 Å². The maximum Gasteiger partial charge on any atom is 0.276 e. The Morgan fingerprint density at radius 1 is 1.12 bits per heavy atom. The molecule has 0 aliphatic carbocycles. The van der Waals surface area contributed by atoms with Crippen molar-refractivity contribution >= 4 is 40.1 Å². The number of hydrazone groups is 1. The first-order chi connectivity index (χ1) is 15.5. The van der Waals surface area contributed by atoms with E-state index in [9.17, 15) is 9.90 Å². The molecule has 3 aromatic rings. The number of amidine groups is 1. The highest BCUT2D eigenvalue weighted by molar-refractivity contribution is 8.13. The topological polar surface area (TPSA) is 77.3 Å². The number of para-hydroxylation sites is 1. The molecule has 1 unspecified atom stereocenters. The Hall–Kier alpha value is -3.29. The normalized spacial score (nSPS) is 17.1. The lowest BCUT2D eigenvalue weighted by atomic mass is 10.1. The third kappa shape index (κ3) is 3.85. The molecule has 0 bridgehead atoms. The number of rotatable bonds is 3. The van der Waals surface area contributed by atoms with Crippen molar-refractivity contribution < 1.29 is 9.90 Å². The summed E-state index contributed by atoms with van der Waals surface area (Å²) in [5.41, 5.74) is 3.50. The summed E-state index contributed by atoms with van der Waals surface area (Å²) < 4.78 is 0. The highest BCUT2D eigenvalue weighted by Gasteiger charge is 2.34. The molecular weight excluding hydrogens is 444 g/mol. The van der Waals surface area contributed by atoms with Gasteiger partial charge in [-0.1, -0.05) is 77.5 Å². The number of aryl methyl sites for hydroxylation is 1. The number of thioether (sulfide) groups is 1. The van der Waals surface area contributed by atoms with Gasteiger partial charge in [-0.05, 0) is 30.7 Å². The zero-order valence-corrected chi connectivity index (χ0v) is 18.7. The molecule has 160 valence electrons. The lowest BCUT2D eigenvalue weighted by Gasteiger charge is -2.34. The van der Waals surface area contributed by atoms with Crippen molar-refractivity contribution in [2.45, 2.75) is 18.8 Å². The van der Waals surface area contributed by atoms with E-state index in [1.54, 1.807) is 17.1 Å². The summed E-state index contributed by atoms with van der Waals surface area (Å²) >= 11 is 7.61. The third-order valence-corrected chi connectivity index (χ3v) is 6.52. The van der Waals surface area contributed by atoms with Gasteiger partial charge >= 0.3 is 0 Å². The highest BCUT2D eigenvalue weighted by atomic mass is 35.5. The Labute approximate surface area is 193 Å². The van der Waals surface area contributed by atoms with E-state index in [0.29, 0.717) is 22.0 Å². The van der Waals surface area contributed by atoms with Crippen molar-refractivity contribution in [2.75, 3.05) is 0 Å². The minimum absolute atomic E-state index is 0.00920. The van der Waals surface area contributed by atoms with E-state index in [1.807, 2.05) is 31.2 Å². The fraction of sp³-hybridized carbons (Fsp3) is 0.125.